The Kier molecular flexibility index (Phi) is 5.34. The van der Waals surface area contributed by atoms with Crippen molar-refractivity contribution in [2.45, 2.75) is 112 Å². The minimum absolute atomic E-state index is 0.0408. The zero-order valence-corrected chi connectivity index (χ0v) is 22.5. The smallest absolute Gasteiger partial charge is 0.309 e. The standard InChI is InChI=1S/C30H48O4/c1-19-20(32)7-8-21-26(19,3)10-9-22-27(21,4)12-13-29(6)23-17-25(2,24(33)34)11-15-30(23,18-31)16-14-28(22,29)5/h19,21-23,31H,7-18H2,1-6H3,(H,33,34)/t19-,21+,22-,23-,25+,26+,27-,28+,29-,30+/m0/s1. The molecule has 2 N–H and O–H groups in total. The van der Waals surface area contributed by atoms with Crippen molar-refractivity contribution < 1.29 is 19.8 Å². The molecule has 5 rings (SSSR count). The first-order valence-electron chi connectivity index (χ1n) is 14.1. The van der Waals surface area contributed by atoms with Crippen LogP contribution in [0.25, 0.3) is 0 Å². The molecule has 192 valence electrons. The van der Waals surface area contributed by atoms with Crippen LogP contribution < -0.4 is 0 Å². The fourth-order valence-corrected chi connectivity index (χ4v) is 11.3. The van der Waals surface area contributed by atoms with E-state index in [0.29, 0.717) is 30.5 Å². The van der Waals surface area contributed by atoms with Gasteiger partial charge in [-0.1, -0.05) is 34.6 Å². The number of carboxylic acids is 1. The number of carbonyl (C=O) groups is 2. The second-order valence-corrected chi connectivity index (χ2v) is 14.9. The molecule has 5 fully saturated rings. The predicted molar refractivity (Wildman–Crippen MR) is 133 cm³/mol. The zero-order chi connectivity index (χ0) is 24.9. The number of hydrogen-bond acceptors (Lipinski definition) is 3. The predicted octanol–water partition coefficient (Wildman–Crippen LogP) is 6.49. The number of aliphatic hydroxyl groups is 1. The van der Waals surface area contributed by atoms with Crippen molar-refractivity contribution in [1.82, 2.24) is 0 Å². The molecule has 0 aromatic heterocycles. The number of hydrogen-bond donors (Lipinski definition) is 2. The Morgan fingerprint density at radius 2 is 1.44 bits per heavy atom. The van der Waals surface area contributed by atoms with E-state index >= 15 is 0 Å². The first-order valence-corrected chi connectivity index (χ1v) is 14.1. The van der Waals surface area contributed by atoms with Crippen molar-refractivity contribution in [3.63, 3.8) is 0 Å². The van der Waals surface area contributed by atoms with Gasteiger partial charge in [-0.25, -0.2) is 0 Å². The highest BCUT2D eigenvalue weighted by Crippen LogP contribution is 2.78. The molecule has 4 heteroatoms. The highest BCUT2D eigenvalue weighted by molar-refractivity contribution is 5.82. The molecule has 34 heavy (non-hydrogen) atoms. The summed E-state index contributed by atoms with van der Waals surface area (Å²) in [7, 11) is 0. The molecule has 0 radical (unpaired) electrons. The number of rotatable bonds is 2. The van der Waals surface area contributed by atoms with Crippen molar-refractivity contribution in [2.75, 3.05) is 6.61 Å². The maximum Gasteiger partial charge on any atom is 0.309 e. The van der Waals surface area contributed by atoms with E-state index in [2.05, 4.69) is 34.6 Å². The highest BCUT2D eigenvalue weighted by atomic mass is 16.4. The van der Waals surface area contributed by atoms with E-state index in [1.807, 2.05) is 6.92 Å². The van der Waals surface area contributed by atoms with Gasteiger partial charge in [0.1, 0.15) is 5.78 Å². The van der Waals surface area contributed by atoms with Crippen molar-refractivity contribution in [3.8, 4) is 0 Å². The van der Waals surface area contributed by atoms with Gasteiger partial charge in [0, 0.05) is 18.9 Å². The molecule has 0 bridgehead atoms. The van der Waals surface area contributed by atoms with E-state index in [1.54, 1.807) is 0 Å². The molecule has 5 saturated carbocycles. The van der Waals surface area contributed by atoms with Gasteiger partial charge in [-0.05, 0) is 116 Å². The molecule has 0 aromatic carbocycles. The minimum atomic E-state index is -0.685. The summed E-state index contributed by atoms with van der Waals surface area (Å²) in [6, 6.07) is 0. The molecular weight excluding hydrogens is 424 g/mol. The molecule has 0 amide bonds. The fourth-order valence-electron chi connectivity index (χ4n) is 11.3. The van der Waals surface area contributed by atoms with Crippen molar-refractivity contribution >= 4 is 11.8 Å². The van der Waals surface area contributed by atoms with Crippen molar-refractivity contribution in [3.05, 3.63) is 0 Å². The van der Waals surface area contributed by atoms with Gasteiger partial charge < -0.3 is 10.2 Å². The Morgan fingerprint density at radius 1 is 0.824 bits per heavy atom. The van der Waals surface area contributed by atoms with E-state index in [-0.39, 0.29) is 45.5 Å². The zero-order valence-electron chi connectivity index (χ0n) is 22.5. The summed E-state index contributed by atoms with van der Waals surface area (Å²) in [6.45, 7) is 14.3. The van der Waals surface area contributed by atoms with Gasteiger partial charge in [0.15, 0.2) is 0 Å². The lowest BCUT2D eigenvalue weighted by Gasteiger charge is -2.74. The molecule has 5 aliphatic carbocycles. The lowest BCUT2D eigenvalue weighted by Crippen LogP contribution is -2.68. The number of Topliss-reactive ketones (excluding diaryl/α,β-unsaturated/α-hetero) is 1. The molecule has 5 aliphatic rings. The molecule has 0 aliphatic heterocycles. The monoisotopic (exact) mass is 472 g/mol. The van der Waals surface area contributed by atoms with Crippen LogP contribution in [0.5, 0.6) is 0 Å². The number of carboxylic acid groups (broad SMARTS) is 1. The average Bonchev–Trinajstić information content (AvgIpc) is 2.79. The second kappa shape index (κ2) is 7.33. The third kappa shape index (κ3) is 2.81. The van der Waals surface area contributed by atoms with Crippen LogP contribution >= 0.6 is 0 Å². The fraction of sp³-hybridized carbons (Fsp3) is 0.933. The van der Waals surface area contributed by atoms with E-state index in [4.69, 9.17) is 0 Å². The van der Waals surface area contributed by atoms with Crippen molar-refractivity contribution in [2.24, 2.45) is 56.2 Å². The quantitative estimate of drug-likeness (QED) is 0.481. The van der Waals surface area contributed by atoms with E-state index < -0.39 is 11.4 Å². The Morgan fingerprint density at radius 3 is 2.09 bits per heavy atom. The van der Waals surface area contributed by atoms with Crippen LogP contribution in [0.15, 0.2) is 0 Å². The lowest BCUT2D eigenvalue weighted by atomic mass is 9.30. The Labute approximate surface area is 206 Å². The molecule has 0 heterocycles. The van der Waals surface area contributed by atoms with Crippen LogP contribution in [0.3, 0.4) is 0 Å². The largest absolute Gasteiger partial charge is 0.481 e. The summed E-state index contributed by atoms with van der Waals surface area (Å²) in [4.78, 5) is 25.1. The molecule has 0 spiro atoms. The maximum atomic E-state index is 12.7. The highest BCUT2D eigenvalue weighted by Gasteiger charge is 2.71. The Balaban J connectivity index is 1.56. The summed E-state index contributed by atoms with van der Waals surface area (Å²) in [5.74, 6) is 1.41. The number of aliphatic hydroxyl groups excluding tert-OH is 1. The Bertz CT molecular complexity index is 898. The van der Waals surface area contributed by atoms with Gasteiger partial charge in [0.25, 0.3) is 0 Å². The van der Waals surface area contributed by atoms with Crippen LogP contribution in [0.4, 0.5) is 0 Å². The summed E-state index contributed by atoms with van der Waals surface area (Å²) in [5.41, 5.74) is -0.270. The molecule has 0 unspecified atom stereocenters. The summed E-state index contributed by atoms with van der Waals surface area (Å²) in [5, 5.41) is 20.9. The van der Waals surface area contributed by atoms with Gasteiger partial charge in [-0.2, -0.15) is 0 Å². The molecule has 10 atom stereocenters. The lowest BCUT2D eigenvalue weighted by molar-refractivity contribution is -0.263. The third-order valence-electron chi connectivity index (χ3n) is 14.1. The number of carbonyl (C=O) groups excluding carboxylic acids is 1. The minimum Gasteiger partial charge on any atom is -0.481 e. The molecule has 0 aromatic rings. The van der Waals surface area contributed by atoms with Gasteiger partial charge in [-0.3, -0.25) is 9.59 Å². The van der Waals surface area contributed by atoms with Crippen molar-refractivity contribution in [1.29, 1.82) is 0 Å². The number of ketones is 1. The van der Waals surface area contributed by atoms with Crippen LogP contribution in [0.2, 0.25) is 0 Å². The molecular formula is C30H48O4. The van der Waals surface area contributed by atoms with Gasteiger partial charge >= 0.3 is 5.97 Å². The van der Waals surface area contributed by atoms with Crippen LogP contribution in [0.1, 0.15) is 112 Å². The summed E-state index contributed by atoms with van der Waals surface area (Å²) in [6.07, 6.45) is 10.8. The first kappa shape index (κ1) is 24.8. The Hall–Kier alpha value is -0.900. The van der Waals surface area contributed by atoms with Gasteiger partial charge in [0.2, 0.25) is 0 Å². The summed E-state index contributed by atoms with van der Waals surface area (Å²) >= 11 is 0. The third-order valence-corrected chi connectivity index (χ3v) is 14.1. The topological polar surface area (TPSA) is 74.6 Å². The van der Waals surface area contributed by atoms with Gasteiger partial charge in [-0.15, -0.1) is 0 Å². The maximum absolute atomic E-state index is 12.7. The normalized spacial score (nSPS) is 57.1. The van der Waals surface area contributed by atoms with E-state index in [1.165, 1.54) is 12.8 Å². The number of fused-ring (bicyclic) bond motifs is 7. The van der Waals surface area contributed by atoms with Gasteiger partial charge in [0.05, 0.1) is 5.41 Å². The average molecular weight is 473 g/mol. The van der Waals surface area contributed by atoms with Crippen LogP contribution in [-0.2, 0) is 9.59 Å². The van der Waals surface area contributed by atoms with E-state index in [0.717, 1.165) is 44.9 Å². The van der Waals surface area contributed by atoms with E-state index in [9.17, 15) is 19.8 Å². The second-order valence-electron chi connectivity index (χ2n) is 14.9. The first-order chi connectivity index (χ1) is 15.7. The number of aliphatic carboxylic acids is 1. The van der Waals surface area contributed by atoms with Crippen LogP contribution in [-0.4, -0.2) is 28.6 Å². The molecule has 4 nitrogen and oxygen atoms in total. The molecule has 0 saturated heterocycles. The van der Waals surface area contributed by atoms with Crippen LogP contribution in [0, 0.1) is 56.2 Å². The summed E-state index contributed by atoms with van der Waals surface area (Å²) < 4.78 is 0. The SMILES string of the molecule is C[C@H]1C(=O)CC[C@@H]2[C@]1(C)CC[C@H]1[C@@]2(C)CC[C@@]2(C)[C@@H]3C[C@](C)(C(=O)O)CC[C@]3(CO)CC[C@]12C.